The van der Waals surface area contributed by atoms with Gasteiger partial charge in [-0.2, -0.15) is 0 Å². The van der Waals surface area contributed by atoms with E-state index in [1.165, 1.54) is 12.1 Å². The summed E-state index contributed by atoms with van der Waals surface area (Å²) in [5.74, 6) is -0.281. The van der Waals surface area contributed by atoms with Crippen LogP contribution in [0.15, 0.2) is 78.1 Å². The van der Waals surface area contributed by atoms with Crippen molar-refractivity contribution in [1.29, 1.82) is 0 Å². The number of halogens is 1. The Bertz CT molecular complexity index is 1240. The molecule has 0 aliphatic rings. The van der Waals surface area contributed by atoms with Gasteiger partial charge in [0.1, 0.15) is 5.82 Å². The Morgan fingerprint density at radius 2 is 1.83 bits per heavy atom. The van der Waals surface area contributed by atoms with Crippen LogP contribution in [0.1, 0.15) is 40.9 Å². The second-order valence-corrected chi connectivity index (χ2v) is 7.69. The van der Waals surface area contributed by atoms with Crippen molar-refractivity contribution in [3.63, 3.8) is 0 Å². The second kappa shape index (κ2) is 8.11. The van der Waals surface area contributed by atoms with Crippen molar-refractivity contribution >= 4 is 0 Å². The summed E-state index contributed by atoms with van der Waals surface area (Å²) in [6.07, 6.45) is 6.15. The van der Waals surface area contributed by atoms with Crippen LogP contribution < -0.4 is 5.56 Å². The normalized spacial score (nSPS) is 12.1. The highest BCUT2D eigenvalue weighted by Crippen LogP contribution is 2.19. The summed E-state index contributed by atoms with van der Waals surface area (Å²) in [6.45, 7) is 5.98. The van der Waals surface area contributed by atoms with Gasteiger partial charge in [-0.15, -0.1) is 0 Å². The lowest BCUT2D eigenvalue weighted by atomic mass is 10.0. The summed E-state index contributed by atoms with van der Waals surface area (Å²) in [4.78, 5) is 17.4. The molecule has 2 aromatic heterocycles. The molecule has 4 nitrogen and oxygen atoms in total. The molecule has 5 heteroatoms. The zero-order valence-electron chi connectivity index (χ0n) is 17.3. The molecule has 0 bridgehead atoms. The van der Waals surface area contributed by atoms with Gasteiger partial charge in [0.05, 0.1) is 18.1 Å². The molecule has 0 amide bonds. The molecular formula is C25H24FN3O. The predicted octanol–water partition coefficient (Wildman–Crippen LogP) is 4.99. The Hall–Kier alpha value is -3.47. The summed E-state index contributed by atoms with van der Waals surface area (Å²) in [7, 11) is 0. The number of rotatable bonds is 5. The first-order valence-electron chi connectivity index (χ1n) is 9.98. The van der Waals surface area contributed by atoms with Gasteiger partial charge in [0.25, 0.3) is 5.56 Å². The lowest BCUT2D eigenvalue weighted by Gasteiger charge is -2.17. The minimum absolute atomic E-state index is 0.0266. The Balaban J connectivity index is 1.61. The number of imidazole rings is 1. The Morgan fingerprint density at radius 3 is 2.50 bits per heavy atom. The van der Waals surface area contributed by atoms with Crippen molar-refractivity contribution in [3.05, 3.63) is 117 Å². The lowest BCUT2D eigenvalue weighted by Crippen LogP contribution is -2.26. The molecule has 30 heavy (non-hydrogen) atoms. The molecule has 0 aliphatic heterocycles. The van der Waals surface area contributed by atoms with Crippen molar-refractivity contribution in [2.24, 2.45) is 0 Å². The van der Waals surface area contributed by atoms with E-state index in [0.29, 0.717) is 6.42 Å². The summed E-state index contributed by atoms with van der Waals surface area (Å²) in [5, 5.41) is 0. The highest BCUT2D eigenvalue weighted by Gasteiger charge is 2.13. The molecule has 2 heterocycles. The number of benzene rings is 2. The fourth-order valence-electron chi connectivity index (χ4n) is 3.79. The van der Waals surface area contributed by atoms with Gasteiger partial charge in [0.15, 0.2) is 0 Å². The minimum Gasteiger partial charge on any atom is -0.308 e. The van der Waals surface area contributed by atoms with Crippen LogP contribution in [-0.2, 0) is 6.42 Å². The van der Waals surface area contributed by atoms with E-state index in [-0.39, 0.29) is 17.4 Å². The van der Waals surface area contributed by atoms with E-state index >= 15 is 0 Å². The maximum atomic E-state index is 13.2. The van der Waals surface area contributed by atoms with Crippen LogP contribution in [0.3, 0.4) is 0 Å². The van der Waals surface area contributed by atoms with E-state index in [0.717, 1.165) is 33.6 Å². The molecule has 0 unspecified atom stereocenters. The standard InChI is InChI=1S/C25H24FN3O/c1-17-13-20(6-11-24(17)28-15-18(2)27-16-28)14-22-5-4-12-29(25(22)30)19(3)21-7-9-23(26)10-8-21/h4-13,15-16,19H,14H2,1-3H3/t19-/m0/s1. The number of hydrogen-bond donors (Lipinski definition) is 0. The summed E-state index contributed by atoms with van der Waals surface area (Å²) in [5.41, 5.74) is 5.86. The molecule has 4 aromatic rings. The fourth-order valence-corrected chi connectivity index (χ4v) is 3.79. The highest BCUT2D eigenvalue weighted by atomic mass is 19.1. The van der Waals surface area contributed by atoms with Crippen LogP contribution in [-0.4, -0.2) is 14.1 Å². The second-order valence-electron chi connectivity index (χ2n) is 7.69. The molecule has 0 fully saturated rings. The first kappa shape index (κ1) is 19.8. The van der Waals surface area contributed by atoms with Gasteiger partial charge >= 0.3 is 0 Å². The molecule has 0 saturated carbocycles. The highest BCUT2D eigenvalue weighted by molar-refractivity contribution is 5.44. The molecular weight excluding hydrogens is 377 g/mol. The first-order chi connectivity index (χ1) is 14.4. The third kappa shape index (κ3) is 3.96. The van der Waals surface area contributed by atoms with Crippen molar-refractivity contribution in [1.82, 2.24) is 14.1 Å². The van der Waals surface area contributed by atoms with Crippen molar-refractivity contribution in [3.8, 4) is 5.69 Å². The molecule has 152 valence electrons. The van der Waals surface area contributed by atoms with Gasteiger partial charge in [-0.25, -0.2) is 9.37 Å². The monoisotopic (exact) mass is 401 g/mol. The van der Waals surface area contributed by atoms with Crippen LogP contribution in [0.25, 0.3) is 5.69 Å². The van der Waals surface area contributed by atoms with Crippen molar-refractivity contribution < 1.29 is 4.39 Å². The minimum atomic E-state index is -0.281. The zero-order valence-corrected chi connectivity index (χ0v) is 17.3. The maximum absolute atomic E-state index is 13.2. The van der Waals surface area contributed by atoms with Crippen molar-refractivity contribution in [2.75, 3.05) is 0 Å². The Labute approximate surface area is 175 Å². The molecule has 0 saturated heterocycles. The maximum Gasteiger partial charge on any atom is 0.254 e. The topological polar surface area (TPSA) is 39.8 Å². The largest absolute Gasteiger partial charge is 0.308 e. The molecule has 1 atom stereocenters. The fraction of sp³-hybridized carbons (Fsp3) is 0.200. The van der Waals surface area contributed by atoms with Gasteiger partial charge in [-0.3, -0.25) is 4.79 Å². The van der Waals surface area contributed by atoms with Crippen LogP contribution in [0, 0.1) is 19.7 Å². The summed E-state index contributed by atoms with van der Waals surface area (Å²) >= 11 is 0. The van der Waals surface area contributed by atoms with Gasteiger partial charge < -0.3 is 9.13 Å². The third-order valence-electron chi connectivity index (χ3n) is 5.47. The molecule has 0 spiro atoms. The number of nitrogens with zero attached hydrogens (tertiary/aromatic N) is 3. The van der Waals surface area contributed by atoms with Crippen molar-refractivity contribution in [2.45, 2.75) is 33.2 Å². The molecule has 4 rings (SSSR count). The quantitative estimate of drug-likeness (QED) is 0.473. The smallest absolute Gasteiger partial charge is 0.254 e. The molecule has 0 N–H and O–H groups in total. The van der Waals surface area contributed by atoms with Gasteiger partial charge in [0, 0.05) is 30.1 Å². The van der Waals surface area contributed by atoms with Crippen LogP contribution in [0.5, 0.6) is 0 Å². The average Bonchev–Trinajstić information content (AvgIpc) is 3.16. The first-order valence-corrected chi connectivity index (χ1v) is 9.98. The van der Waals surface area contributed by atoms with E-state index < -0.39 is 0 Å². The molecule has 0 aliphatic carbocycles. The van der Waals surface area contributed by atoms with E-state index in [9.17, 15) is 9.18 Å². The van der Waals surface area contributed by atoms with E-state index in [2.05, 4.69) is 30.1 Å². The zero-order chi connectivity index (χ0) is 21.3. The average molecular weight is 401 g/mol. The number of aryl methyl sites for hydroxylation is 2. The van der Waals surface area contributed by atoms with Gasteiger partial charge in [0.2, 0.25) is 0 Å². The van der Waals surface area contributed by atoms with Crippen LogP contribution in [0.4, 0.5) is 4.39 Å². The van der Waals surface area contributed by atoms with Gasteiger partial charge in [-0.05, 0) is 61.7 Å². The predicted molar refractivity (Wildman–Crippen MR) is 117 cm³/mol. The SMILES string of the molecule is Cc1cn(-c2ccc(Cc3cccn([C@@H](C)c4ccc(F)cc4)c3=O)cc2C)cn1. The molecule has 2 aromatic carbocycles. The van der Waals surface area contributed by atoms with Gasteiger partial charge in [-0.1, -0.05) is 30.3 Å². The lowest BCUT2D eigenvalue weighted by molar-refractivity contribution is 0.600. The van der Waals surface area contributed by atoms with Crippen LogP contribution >= 0.6 is 0 Å². The van der Waals surface area contributed by atoms with E-state index in [1.807, 2.05) is 43.1 Å². The third-order valence-corrected chi connectivity index (χ3v) is 5.47. The summed E-state index contributed by atoms with van der Waals surface area (Å²) < 4.78 is 16.9. The van der Waals surface area contributed by atoms with E-state index in [1.54, 1.807) is 22.9 Å². The number of hydrogen-bond acceptors (Lipinski definition) is 2. The Morgan fingerprint density at radius 1 is 1.07 bits per heavy atom. The molecule has 0 radical (unpaired) electrons. The van der Waals surface area contributed by atoms with Crippen LogP contribution in [0.2, 0.25) is 0 Å². The Kier molecular flexibility index (Phi) is 5.36. The number of pyridine rings is 1. The number of aromatic nitrogens is 3. The van der Waals surface area contributed by atoms with E-state index in [4.69, 9.17) is 0 Å². The summed E-state index contributed by atoms with van der Waals surface area (Å²) in [6, 6.07) is 16.1.